The van der Waals surface area contributed by atoms with Gasteiger partial charge < -0.3 is 10.9 Å². The molecule has 1 aromatic rings. The van der Waals surface area contributed by atoms with Crippen molar-refractivity contribution in [3.8, 4) is 0 Å². The second-order valence-corrected chi connectivity index (χ2v) is 4.50. The largest absolute Gasteiger partial charge is 0.409 e. The van der Waals surface area contributed by atoms with Crippen LogP contribution >= 0.6 is 11.8 Å². The van der Waals surface area contributed by atoms with Crippen LogP contribution in [-0.2, 0) is 0 Å². The molecule has 82 valence electrons. The molecule has 0 spiro atoms. The maximum atomic E-state index is 8.49. The van der Waals surface area contributed by atoms with E-state index in [1.807, 2.05) is 12.1 Å². The van der Waals surface area contributed by atoms with Crippen LogP contribution < -0.4 is 5.73 Å². The number of thioether (sulfide) groups is 1. The van der Waals surface area contributed by atoms with E-state index in [4.69, 9.17) is 10.9 Å². The molecule has 5 heteroatoms. The number of nitrogens with two attached hydrogens (primary N) is 1. The summed E-state index contributed by atoms with van der Waals surface area (Å²) in [5, 5.41) is 11.8. The lowest BCUT2D eigenvalue weighted by Crippen LogP contribution is -2.18. The predicted octanol–water partition coefficient (Wildman–Crippen LogP) is 2.09. The lowest BCUT2D eigenvalue weighted by molar-refractivity contribution is 0.316. The lowest BCUT2D eigenvalue weighted by atomic mass is 10.2. The van der Waals surface area contributed by atoms with E-state index in [0.717, 1.165) is 11.3 Å². The van der Waals surface area contributed by atoms with E-state index in [2.05, 4.69) is 17.1 Å². The molecule has 4 nitrogen and oxygen atoms in total. The standard InChI is InChI=1S/C10H15N3OS/c1-2-8(7-10(11)13-14)15-9-3-5-12-6-4-9/h3-6,8,14H,2,7H2,1H3,(H2,11,13). The summed E-state index contributed by atoms with van der Waals surface area (Å²) in [7, 11) is 0. The van der Waals surface area contributed by atoms with Gasteiger partial charge in [0.1, 0.15) is 5.84 Å². The summed E-state index contributed by atoms with van der Waals surface area (Å²) < 4.78 is 0. The maximum Gasteiger partial charge on any atom is 0.140 e. The molecule has 1 rings (SSSR count). The smallest absolute Gasteiger partial charge is 0.140 e. The minimum atomic E-state index is 0.281. The third-order valence-electron chi connectivity index (χ3n) is 1.97. The number of rotatable bonds is 5. The van der Waals surface area contributed by atoms with Crippen LogP contribution in [0.4, 0.5) is 0 Å². The number of hydrogen-bond acceptors (Lipinski definition) is 4. The van der Waals surface area contributed by atoms with Crippen molar-refractivity contribution in [3.05, 3.63) is 24.5 Å². The molecule has 0 aliphatic heterocycles. The van der Waals surface area contributed by atoms with Gasteiger partial charge in [-0.2, -0.15) is 0 Å². The van der Waals surface area contributed by atoms with Gasteiger partial charge in [0, 0.05) is 29.0 Å². The topological polar surface area (TPSA) is 71.5 Å². The highest BCUT2D eigenvalue weighted by molar-refractivity contribution is 8.00. The molecule has 1 aromatic heterocycles. The molecule has 0 amide bonds. The fraction of sp³-hybridized carbons (Fsp3) is 0.400. The summed E-state index contributed by atoms with van der Waals surface area (Å²) in [6.07, 6.45) is 5.10. The van der Waals surface area contributed by atoms with Crippen LogP contribution in [0.15, 0.2) is 34.6 Å². The minimum Gasteiger partial charge on any atom is -0.409 e. The van der Waals surface area contributed by atoms with Crippen LogP contribution in [0, 0.1) is 0 Å². The fourth-order valence-corrected chi connectivity index (χ4v) is 2.24. The summed E-state index contributed by atoms with van der Waals surface area (Å²) in [5.74, 6) is 0.281. The average Bonchev–Trinajstić information content (AvgIpc) is 2.29. The van der Waals surface area contributed by atoms with Crippen molar-refractivity contribution in [2.45, 2.75) is 29.9 Å². The second kappa shape index (κ2) is 6.29. The first-order chi connectivity index (χ1) is 7.26. The number of amidine groups is 1. The molecule has 0 aliphatic rings. The van der Waals surface area contributed by atoms with Crippen molar-refractivity contribution in [2.75, 3.05) is 0 Å². The third-order valence-corrected chi connectivity index (χ3v) is 3.35. The van der Waals surface area contributed by atoms with Gasteiger partial charge in [-0.15, -0.1) is 11.8 Å². The molecule has 0 aromatic carbocycles. The van der Waals surface area contributed by atoms with Gasteiger partial charge in [-0.25, -0.2) is 0 Å². The highest BCUT2D eigenvalue weighted by Gasteiger charge is 2.10. The van der Waals surface area contributed by atoms with Gasteiger partial charge in [0.05, 0.1) is 0 Å². The van der Waals surface area contributed by atoms with E-state index in [0.29, 0.717) is 11.7 Å². The molecule has 3 N–H and O–H groups in total. The highest BCUT2D eigenvalue weighted by atomic mass is 32.2. The third kappa shape index (κ3) is 4.20. The summed E-state index contributed by atoms with van der Waals surface area (Å²) in [4.78, 5) is 5.11. The zero-order valence-corrected chi connectivity index (χ0v) is 9.44. The van der Waals surface area contributed by atoms with E-state index in [1.54, 1.807) is 24.2 Å². The first-order valence-electron chi connectivity index (χ1n) is 4.79. The Morgan fingerprint density at radius 2 is 2.27 bits per heavy atom. The number of hydrogen-bond donors (Lipinski definition) is 2. The Kier molecular flexibility index (Phi) is 4.97. The molecule has 1 atom stereocenters. The van der Waals surface area contributed by atoms with Gasteiger partial charge in [-0.05, 0) is 18.6 Å². The van der Waals surface area contributed by atoms with Crippen molar-refractivity contribution in [1.82, 2.24) is 4.98 Å². The molecule has 0 aliphatic carbocycles. The van der Waals surface area contributed by atoms with Gasteiger partial charge in [-0.1, -0.05) is 12.1 Å². The number of aromatic nitrogens is 1. The molecule has 0 saturated carbocycles. The summed E-state index contributed by atoms with van der Waals surface area (Å²) in [6.45, 7) is 2.09. The SMILES string of the molecule is CCC(CC(N)=NO)Sc1ccncc1. The molecule has 0 fully saturated rings. The van der Waals surface area contributed by atoms with Crippen LogP contribution in [0.2, 0.25) is 0 Å². The van der Waals surface area contributed by atoms with Gasteiger partial charge in [0.25, 0.3) is 0 Å². The Labute approximate surface area is 93.6 Å². The lowest BCUT2D eigenvalue weighted by Gasteiger charge is -2.12. The van der Waals surface area contributed by atoms with Crippen LogP contribution in [0.3, 0.4) is 0 Å². The highest BCUT2D eigenvalue weighted by Crippen LogP contribution is 2.26. The second-order valence-electron chi connectivity index (χ2n) is 3.13. The van der Waals surface area contributed by atoms with Crippen molar-refractivity contribution < 1.29 is 5.21 Å². The number of pyridine rings is 1. The number of nitrogens with zero attached hydrogens (tertiary/aromatic N) is 2. The van der Waals surface area contributed by atoms with E-state index in [-0.39, 0.29) is 5.84 Å². The number of oxime groups is 1. The minimum absolute atomic E-state index is 0.281. The maximum absolute atomic E-state index is 8.49. The van der Waals surface area contributed by atoms with Crippen molar-refractivity contribution in [2.24, 2.45) is 10.9 Å². The van der Waals surface area contributed by atoms with E-state index >= 15 is 0 Å². The molecule has 1 unspecified atom stereocenters. The van der Waals surface area contributed by atoms with Crippen LogP contribution in [0.25, 0.3) is 0 Å². The Bertz CT molecular complexity index is 316. The summed E-state index contributed by atoms with van der Waals surface area (Å²) in [6, 6.07) is 3.92. The van der Waals surface area contributed by atoms with E-state index in [9.17, 15) is 0 Å². The first-order valence-corrected chi connectivity index (χ1v) is 5.67. The molecular weight excluding hydrogens is 210 g/mol. The Hall–Kier alpha value is -1.23. The fourth-order valence-electron chi connectivity index (χ4n) is 1.15. The molecule has 0 bridgehead atoms. The normalized spacial score (nSPS) is 13.8. The predicted molar refractivity (Wildman–Crippen MR) is 62.2 cm³/mol. The first kappa shape index (κ1) is 11.8. The van der Waals surface area contributed by atoms with Crippen molar-refractivity contribution in [1.29, 1.82) is 0 Å². The van der Waals surface area contributed by atoms with Crippen LogP contribution in [0.5, 0.6) is 0 Å². The molecule has 0 radical (unpaired) electrons. The van der Waals surface area contributed by atoms with Gasteiger partial charge >= 0.3 is 0 Å². The molecule has 0 saturated heterocycles. The Balaban J connectivity index is 2.54. The molecule has 15 heavy (non-hydrogen) atoms. The summed E-state index contributed by atoms with van der Waals surface area (Å²) >= 11 is 1.72. The zero-order valence-electron chi connectivity index (χ0n) is 8.63. The molecular formula is C10H15N3OS. The van der Waals surface area contributed by atoms with E-state index < -0.39 is 0 Å². The monoisotopic (exact) mass is 225 g/mol. The van der Waals surface area contributed by atoms with Gasteiger partial charge in [0.2, 0.25) is 0 Å². The zero-order chi connectivity index (χ0) is 11.1. The average molecular weight is 225 g/mol. The van der Waals surface area contributed by atoms with Crippen LogP contribution in [0.1, 0.15) is 19.8 Å². The molecule has 1 heterocycles. The Morgan fingerprint density at radius 1 is 1.60 bits per heavy atom. The summed E-state index contributed by atoms with van der Waals surface area (Å²) in [5.41, 5.74) is 5.48. The van der Waals surface area contributed by atoms with Crippen molar-refractivity contribution >= 4 is 17.6 Å². The van der Waals surface area contributed by atoms with E-state index in [1.165, 1.54) is 0 Å². The van der Waals surface area contributed by atoms with Crippen LogP contribution in [-0.4, -0.2) is 21.3 Å². The quantitative estimate of drug-likeness (QED) is 0.264. The van der Waals surface area contributed by atoms with Gasteiger partial charge in [0.15, 0.2) is 0 Å². The van der Waals surface area contributed by atoms with Gasteiger partial charge in [-0.3, -0.25) is 4.98 Å². The van der Waals surface area contributed by atoms with Crippen molar-refractivity contribution in [3.63, 3.8) is 0 Å². The Morgan fingerprint density at radius 3 is 2.80 bits per heavy atom.